The predicted molar refractivity (Wildman–Crippen MR) is 73.7 cm³/mol. The molecule has 0 aliphatic heterocycles. The number of benzene rings is 2. The van der Waals surface area contributed by atoms with E-state index >= 15 is 0 Å². The van der Waals surface area contributed by atoms with E-state index in [0.717, 1.165) is 9.86 Å². The maximum absolute atomic E-state index is 13.6. The van der Waals surface area contributed by atoms with Crippen molar-refractivity contribution in [3.05, 3.63) is 70.1 Å². The Morgan fingerprint density at radius 3 is 2.68 bits per heavy atom. The third-order valence-corrected chi connectivity index (χ3v) is 3.31. The van der Waals surface area contributed by atoms with Crippen LogP contribution >= 0.6 is 15.9 Å². The van der Waals surface area contributed by atoms with E-state index in [9.17, 15) is 9.18 Å². The van der Waals surface area contributed by atoms with Crippen LogP contribution in [0.15, 0.2) is 57.4 Å². The number of fused-ring (bicyclic) bond motifs is 1. The van der Waals surface area contributed by atoms with E-state index in [4.69, 9.17) is 4.42 Å². The van der Waals surface area contributed by atoms with Crippen molar-refractivity contribution in [1.29, 1.82) is 0 Å². The van der Waals surface area contributed by atoms with E-state index in [0.29, 0.717) is 5.58 Å². The van der Waals surface area contributed by atoms with E-state index in [1.54, 1.807) is 24.3 Å². The normalized spacial score (nSPS) is 10.8. The first kappa shape index (κ1) is 12.1. The molecule has 3 aromatic rings. The molecule has 0 unspecified atom stereocenters. The molecule has 0 saturated heterocycles. The highest BCUT2D eigenvalue weighted by atomic mass is 79.9. The Labute approximate surface area is 117 Å². The summed E-state index contributed by atoms with van der Waals surface area (Å²) in [7, 11) is 0. The van der Waals surface area contributed by atoms with Gasteiger partial charge in [-0.15, -0.1) is 0 Å². The minimum Gasteiger partial charge on any atom is -0.453 e. The summed E-state index contributed by atoms with van der Waals surface area (Å²) in [6, 6.07) is 12.9. The van der Waals surface area contributed by atoms with Crippen molar-refractivity contribution >= 4 is 32.7 Å². The lowest BCUT2D eigenvalue weighted by molar-refractivity contribution is 0.101. The summed E-state index contributed by atoms with van der Waals surface area (Å²) in [5, 5.41) is 0.800. The molecule has 0 N–H and O–H groups in total. The number of hydrogen-bond acceptors (Lipinski definition) is 2. The van der Waals surface area contributed by atoms with E-state index < -0.39 is 11.6 Å². The van der Waals surface area contributed by atoms with Gasteiger partial charge < -0.3 is 4.42 Å². The van der Waals surface area contributed by atoms with Crippen molar-refractivity contribution in [2.45, 2.75) is 0 Å². The van der Waals surface area contributed by atoms with Gasteiger partial charge in [0, 0.05) is 9.86 Å². The molecule has 3 rings (SSSR count). The van der Waals surface area contributed by atoms with Gasteiger partial charge in [-0.05, 0) is 36.4 Å². The molecule has 0 saturated carbocycles. The van der Waals surface area contributed by atoms with Crippen LogP contribution in [0, 0.1) is 5.82 Å². The summed E-state index contributed by atoms with van der Waals surface area (Å²) in [6.45, 7) is 0. The van der Waals surface area contributed by atoms with Crippen LogP contribution < -0.4 is 0 Å². The van der Waals surface area contributed by atoms with E-state index in [1.165, 1.54) is 12.1 Å². The fourth-order valence-corrected chi connectivity index (χ4v) is 2.28. The molecule has 2 nitrogen and oxygen atoms in total. The Morgan fingerprint density at radius 2 is 1.89 bits per heavy atom. The standard InChI is InChI=1S/C15H8BrFO2/c16-10-5-6-13-9(7-10)8-14(19-13)15(18)11-3-1-2-4-12(11)17/h1-8H. The van der Waals surface area contributed by atoms with Crippen molar-refractivity contribution in [3.8, 4) is 0 Å². The predicted octanol–water partition coefficient (Wildman–Crippen LogP) is 4.57. The molecule has 0 aliphatic carbocycles. The number of rotatable bonds is 2. The van der Waals surface area contributed by atoms with E-state index in [1.807, 2.05) is 12.1 Å². The molecule has 0 fully saturated rings. The molecule has 0 amide bonds. The molecular formula is C15H8BrFO2. The van der Waals surface area contributed by atoms with Crippen LogP contribution in [0.4, 0.5) is 4.39 Å². The second-order valence-corrected chi connectivity index (χ2v) is 5.02. The number of hydrogen-bond donors (Lipinski definition) is 0. The summed E-state index contributed by atoms with van der Waals surface area (Å²) in [4.78, 5) is 12.2. The minimum absolute atomic E-state index is 0.0145. The van der Waals surface area contributed by atoms with Crippen LogP contribution in [0.3, 0.4) is 0 Å². The molecule has 19 heavy (non-hydrogen) atoms. The maximum atomic E-state index is 13.6. The average Bonchev–Trinajstić information content (AvgIpc) is 2.81. The molecule has 0 bridgehead atoms. The van der Waals surface area contributed by atoms with Gasteiger partial charge in [0.15, 0.2) is 5.76 Å². The molecule has 4 heteroatoms. The Hall–Kier alpha value is -1.94. The highest BCUT2D eigenvalue weighted by Crippen LogP contribution is 2.25. The van der Waals surface area contributed by atoms with Crippen molar-refractivity contribution in [1.82, 2.24) is 0 Å². The third kappa shape index (κ3) is 2.19. The number of carbonyl (C=O) groups is 1. The highest BCUT2D eigenvalue weighted by Gasteiger charge is 2.17. The minimum atomic E-state index is -0.547. The Morgan fingerprint density at radius 1 is 1.11 bits per heavy atom. The number of halogens is 2. The van der Waals surface area contributed by atoms with Crippen molar-refractivity contribution in [2.75, 3.05) is 0 Å². The van der Waals surface area contributed by atoms with Gasteiger partial charge in [-0.2, -0.15) is 0 Å². The quantitative estimate of drug-likeness (QED) is 0.648. The lowest BCUT2D eigenvalue weighted by Crippen LogP contribution is -2.02. The van der Waals surface area contributed by atoms with Gasteiger partial charge in [-0.25, -0.2) is 4.39 Å². The maximum Gasteiger partial charge on any atom is 0.231 e. The van der Waals surface area contributed by atoms with Crippen LogP contribution in [-0.2, 0) is 0 Å². The molecule has 0 atom stereocenters. The van der Waals surface area contributed by atoms with Gasteiger partial charge in [0.05, 0.1) is 5.56 Å². The Balaban J connectivity index is 2.09. The van der Waals surface area contributed by atoms with Crippen LogP contribution in [0.5, 0.6) is 0 Å². The van der Waals surface area contributed by atoms with Crippen molar-refractivity contribution in [3.63, 3.8) is 0 Å². The monoisotopic (exact) mass is 318 g/mol. The SMILES string of the molecule is O=C(c1cc2cc(Br)ccc2o1)c1ccccc1F. The van der Waals surface area contributed by atoms with Crippen LogP contribution in [0.1, 0.15) is 16.1 Å². The summed E-state index contributed by atoms with van der Waals surface area (Å²) >= 11 is 3.35. The zero-order valence-electron chi connectivity index (χ0n) is 9.69. The van der Waals surface area contributed by atoms with Crippen LogP contribution in [-0.4, -0.2) is 5.78 Å². The number of furan rings is 1. The highest BCUT2D eigenvalue weighted by molar-refractivity contribution is 9.10. The van der Waals surface area contributed by atoms with Gasteiger partial charge in [-0.3, -0.25) is 4.79 Å². The molecule has 1 aromatic heterocycles. The first-order valence-electron chi connectivity index (χ1n) is 5.63. The van der Waals surface area contributed by atoms with Crippen molar-refractivity contribution in [2.24, 2.45) is 0 Å². The van der Waals surface area contributed by atoms with Gasteiger partial charge >= 0.3 is 0 Å². The smallest absolute Gasteiger partial charge is 0.231 e. The third-order valence-electron chi connectivity index (χ3n) is 2.82. The lowest BCUT2D eigenvalue weighted by Gasteiger charge is -1.98. The Bertz CT molecular complexity index is 777. The average molecular weight is 319 g/mol. The summed E-state index contributed by atoms with van der Waals surface area (Å²) in [6.07, 6.45) is 0. The largest absolute Gasteiger partial charge is 0.453 e. The van der Waals surface area contributed by atoms with Gasteiger partial charge in [0.1, 0.15) is 11.4 Å². The second-order valence-electron chi connectivity index (χ2n) is 4.10. The summed E-state index contributed by atoms with van der Waals surface area (Å²) in [5.74, 6) is -0.863. The number of carbonyl (C=O) groups excluding carboxylic acids is 1. The molecule has 0 aliphatic rings. The fraction of sp³-hybridized carbons (Fsp3) is 0. The number of ketones is 1. The topological polar surface area (TPSA) is 30.2 Å². The van der Waals surface area contributed by atoms with Gasteiger partial charge in [0.25, 0.3) is 0 Å². The lowest BCUT2D eigenvalue weighted by atomic mass is 10.1. The fourth-order valence-electron chi connectivity index (χ4n) is 1.90. The van der Waals surface area contributed by atoms with Crippen molar-refractivity contribution < 1.29 is 13.6 Å². The second kappa shape index (κ2) is 4.63. The molecule has 0 radical (unpaired) electrons. The Kier molecular flexibility index (Phi) is 2.95. The van der Waals surface area contributed by atoms with Crippen LogP contribution in [0.2, 0.25) is 0 Å². The first-order chi connectivity index (χ1) is 9.15. The van der Waals surface area contributed by atoms with Gasteiger partial charge in [0.2, 0.25) is 5.78 Å². The molecule has 94 valence electrons. The van der Waals surface area contributed by atoms with E-state index in [-0.39, 0.29) is 11.3 Å². The zero-order valence-corrected chi connectivity index (χ0v) is 11.3. The van der Waals surface area contributed by atoms with Gasteiger partial charge in [-0.1, -0.05) is 28.1 Å². The first-order valence-corrected chi connectivity index (χ1v) is 6.43. The summed E-state index contributed by atoms with van der Waals surface area (Å²) in [5.41, 5.74) is 0.614. The summed E-state index contributed by atoms with van der Waals surface area (Å²) < 4.78 is 19.9. The zero-order chi connectivity index (χ0) is 13.4. The molecule has 0 spiro atoms. The van der Waals surface area contributed by atoms with Crippen LogP contribution in [0.25, 0.3) is 11.0 Å². The molecule has 1 heterocycles. The van der Waals surface area contributed by atoms with E-state index in [2.05, 4.69) is 15.9 Å². The molecule has 2 aromatic carbocycles. The molecular weight excluding hydrogens is 311 g/mol.